The average molecular weight is 510 g/mol. The minimum atomic E-state index is -0.778. The van der Waals surface area contributed by atoms with Gasteiger partial charge in [-0.3, -0.25) is 0 Å². The number of aryl methyl sites for hydroxylation is 1. The average Bonchev–Trinajstić information content (AvgIpc) is 2.91. The Hall–Kier alpha value is -2.58. The molecular formula is C32H38F3NO. The van der Waals surface area contributed by atoms with Gasteiger partial charge in [0.1, 0.15) is 29.1 Å². The van der Waals surface area contributed by atoms with Crippen molar-refractivity contribution in [1.82, 2.24) is 0 Å². The third-order valence-corrected chi connectivity index (χ3v) is 8.41. The summed E-state index contributed by atoms with van der Waals surface area (Å²) in [6, 6.07) is 10.0. The van der Waals surface area contributed by atoms with Gasteiger partial charge in [0.25, 0.3) is 0 Å². The molecule has 0 unspecified atom stereocenters. The summed E-state index contributed by atoms with van der Waals surface area (Å²) in [5.74, 6) is -0.644. The lowest BCUT2D eigenvalue weighted by Crippen LogP contribution is -2.21. The molecule has 2 aliphatic rings. The lowest BCUT2D eigenvalue weighted by molar-refractivity contribution is 0.0274. The zero-order chi connectivity index (χ0) is 26.2. The number of ether oxygens (including phenoxy) is 1. The van der Waals surface area contributed by atoms with Crippen LogP contribution in [0.25, 0.3) is 0 Å². The molecule has 4 rings (SSSR count). The van der Waals surface area contributed by atoms with E-state index >= 15 is 0 Å². The summed E-state index contributed by atoms with van der Waals surface area (Å²) in [6.07, 6.45) is 14.9. The maximum absolute atomic E-state index is 15.0. The Balaban J connectivity index is 1.22. The number of allylic oxidation sites excluding steroid dienone is 1. The van der Waals surface area contributed by atoms with Crippen LogP contribution >= 0.6 is 0 Å². The summed E-state index contributed by atoms with van der Waals surface area (Å²) in [5, 5.41) is 8.88. The Morgan fingerprint density at radius 1 is 0.865 bits per heavy atom. The SMILES string of the molecule is C/C=C/CCOC1CCC(c2ccc(CCC3CCC(c4cc(F)c(C#N)c(F)c4)CC3)c(F)c2)CC1. The van der Waals surface area contributed by atoms with Crippen LogP contribution in [0.2, 0.25) is 0 Å². The topological polar surface area (TPSA) is 33.0 Å². The van der Waals surface area contributed by atoms with Crippen molar-refractivity contribution in [2.75, 3.05) is 6.61 Å². The van der Waals surface area contributed by atoms with Crippen molar-refractivity contribution in [3.63, 3.8) is 0 Å². The van der Waals surface area contributed by atoms with Gasteiger partial charge < -0.3 is 4.74 Å². The van der Waals surface area contributed by atoms with E-state index < -0.39 is 17.2 Å². The monoisotopic (exact) mass is 509 g/mol. The summed E-state index contributed by atoms with van der Waals surface area (Å²) < 4.78 is 49.0. The molecule has 2 fully saturated rings. The number of nitriles is 1. The first-order chi connectivity index (χ1) is 18.0. The van der Waals surface area contributed by atoms with E-state index in [1.54, 1.807) is 12.1 Å². The first-order valence-electron chi connectivity index (χ1n) is 13.9. The van der Waals surface area contributed by atoms with Crippen molar-refractivity contribution in [2.24, 2.45) is 5.92 Å². The molecule has 0 heterocycles. The first-order valence-corrected chi connectivity index (χ1v) is 13.9. The van der Waals surface area contributed by atoms with Crippen molar-refractivity contribution < 1.29 is 17.9 Å². The molecule has 2 aromatic rings. The molecule has 0 amide bonds. The lowest BCUT2D eigenvalue weighted by Gasteiger charge is -2.29. The van der Waals surface area contributed by atoms with E-state index in [1.807, 2.05) is 13.0 Å². The van der Waals surface area contributed by atoms with Crippen molar-refractivity contribution >= 4 is 0 Å². The van der Waals surface area contributed by atoms with E-state index in [0.29, 0.717) is 29.9 Å². The second-order valence-electron chi connectivity index (χ2n) is 10.8. The van der Waals surface area contributed by atoms with Crippen molar-refractivity contribution in [2.45, 2.75) is 95.5 Å². The Morgan fingerprint density at radius 2 is 1.49 bits per heavy atom. The summed E-state index contributed by atoms with van der Waals surface area (Å²) >= 11 is 0. The van der Waals surface area contributed by atoms with Crippen molar-refractivity contribution in [3.8, 4) is 6.07 Å². The molecule has 2 aromatic carbocycles. The molecule has 0 saturated heterocycles. The Kier molecular flexibility index (Phi) is 9.86. The van der Waals surface area contributed by atoms with Crippen LogP contribution in [-0.4, -0.2) is 12.7 Å². The maximum Gasteiger partial charge on any atom is 0.144 e. The van der Waals surface area contributed by atoms with Crippen LogP contribution in [0.1, 0.15) is 105 Å². The van der Waals surface area contributed by atoms with E-state index in [2.05, 4.69) is 18.2 Å². The smallest absolute Gasteiger partial charge is 0.144 e. The highest BCUT2D eigenvalue weighted by Gasteiger charge is 2.26. The zero-order valence-electron chi connectivity index (χ0n) is 21.8. The molecule has 2 aliphatic carbocycles. The molecule has 2 saturated carbocycles. The van der Waals surface area contributed by atoms with Gasteiger partial charge in [-0.15, -0.1) is 0 Å². The summed E-state index contributed by atoms with van der Waals surface area (Å²) in [4.78, 5) is 0. The van der Waals surface area contributed by atoms with Gasteiger partial charge in [0, 0.05) is 0 Å². The van der Waals surface area contributed by atoms with E-state index in [9.17, 15) is 13.2 Å². The molecule has 2 nitrogen and oxygen atoms in total. The minimum Gasteiger partial charge on any atom is -0.378 e. The highest BCUT2D eigenvalue weighted by atomic mass is 19.1. The van der Waals surface area contributed by atoms with Gasteiger partial charge in [0.15, 0.2) is 0 Å². The maximum atomic E-state index is 15.0. The van der Waals surface area contributed by atoms with Crippen molar-refractivity contribution in [3.05, 3.63) is 82.2 Å². The van der Waals surface area contributed by atoms with Crippen LogP contribution in [0.4, 0.5) is 13.2 Å². The van der Waals surface area contributed by atoms with Gasteiger partial charge in [0.2, 0.25) is 0 Å². The van der Waals surface area contributed by atoms with Gasteiger partial charge in [-0.1, -0.05) is 24.3 Å². The molecule has 0 aromatic heterocycles. The van der Waals surface area contributed by atoms with Gasteiger partial charge in [-0.2, -0.15) is 5.26 Å². The molecule has 5 heteroatoms. The molecule has 0 spiro atoms. The number of rotatable bonds is 9. The van der Waals surface area contributed by atoms with Gasteiger partial charge >= 0.3 is 0 Å². The molecule has 37 heavy (non-hydrogen) atoms. The number of halogens is 3. The van der Waals surface area contributed by atoms with E-state index in [4.69, 9.17) is 10.00 Å². The molecule has 0 radical (unpaired) electrons. The number of nitrogens with zero attached hydrogens (tertiary/aromatic N) is 1. The Morgan fingerprint density at radius 3 is 2.11 bits per heavy atom. The van der Waals surface area contributed by atoms with Crippen LogP contribution in [0.3, 0.4) is 0 Å². The predicted molar refractivity (Wildman–Crippen MR) is 141 cm³/mol. The zero-order valence-corrected chi connectivity index (χ0v) is 21.8. The lowest BCUT2D eigenvalue weighted by atomic mass is 9.76. The molecule has 0 bridgehead atoms. The van der Waals surface area contributed by atoms with Crippen LogP contribution in [0.15, 0.2) is 42.5 Å². The summed E-state index contributed by atoms with van der Waals surface area (Å²) in [6.45, 7) is 2.80. The second kappa shape index (κ2) is 13.3. The predicted octanol–water partition coefficient (Wildman–Crippen LogP) is 8.89. The van der Waals surface area contributed by atoms with Gasteiger partial charge in [-0.05, 0) is 130 Å². The summed E-state index contributed by atoms with van der Waals surface area (Å²) in [7, 11) is 0. The fourth-order valence-electron chi connectivity index (χ4n) is 6.13. The third kappa shape index (κ3) is 7.26. The quantitative estimate of drug-likeness (QED) is 0.250. The fraction of sp³-hybridized carbons (Fsp3) is 0.531. The van der Waals surface area contributed by atoms with E-state index in [1.165, 1.54) is 12.1 Å². The molecule has 0 aliphatic heterocycles. The first kappa shape index (κ1) is 27.5. The number of hydrogen-bond donors (Lipinski definition) is 0. The van der Waals surface area contributed by atoms with Crippen molar-refractivity contribution in [1.29, 1.82) is 5.26 Å². The van der Waals surface area contributed by atoms with Crippen LogP contribution in [-0.2, 0) is 11.2 Å². The van der Waals surface area contributed by atoms with Gasteiger partial charge in [-0.25, -0.2) is 13.2 Å². The standard InChI is InChI=1S/C32H38F3NO/c1-2-3-4-17-37-28-15-13-23(14-16-28)26-12-11-25(30(33)18-26)10-7-22-5-8-24(9-6-22)27-19-31(34)29(21-36)32(35)20-27/h2-3,11-12,18-20,22-24,28H,4-10,13-17H2,1H3/b3-2+. The molecular weight excluding hydrogens is 471 g/mol. The van der Waals surface area contributed by atoms with Crippen LogP contribution in [0, 0.1) is 34.7 Å². The Labute approximate surface area is 219 Å². The molecule has 0 N–H and O–H groups in total. The molecule has 0 atom stereocenters. The highest BCUT2D eigenvalue weighted by molar-refractivity contribution is 5.36. The van der Waals surface area contributed by atoms with E-state index in [-0.39, 0.29) is 11.7 Å². The van der Waals surface area contributed by atoms with Crippen LogP contribution in [0.5, 0.6) is 0 Å². The van der Waals surface area contributed by atoms with Gasteiger partial charge in [0.05, 0.1) is 12.7 Å². The normalized spacial score (nSPS) is 24.3. The Bertz CT molecular complexity index is 1080. The fourth-order valence-corrected chi connectivity index (χ4v) is 6.13. The third-order valence-electron chi connectivity index (χ3n) is 8.41. The largest absolute Gasteiger partial charge is 0.378 e. The second-order valence-corrected chi connectivity index (χ2v) is 10.8. The number of hydrogen-bond acceptors (Lipinski definition) is 2. The van der Waals surface area contributed by atoms with E-state index in [0.717, 1.165) is 81.9 Å². The highest BCUT2D eigenvalue weighted by Crippen LogP contribution is 2.39. The molecule has 198 valence electrons. The summed E-state index contributed by atoms with van der Waals surface area (Å²) in [5.41, 5.74) is 2.02. The minimum absolute atomic E-state index is 0.0977. The van der Waals surface area contributed by atoms with Crippen LogP contribution < -0.4 is 0 Å². The number of benzene rings is 2.